The van der Waals surface area contributed by atoms with E-state index in [-0.39, 0.29) is 0 Å². The van der Waals surface area contributed by atoms with Gasteiger partial charge in [-0.1, -0.05) is 18.2 Å². The Morgan fingerprint density at radius 1 is 1.15 bits per heavy atom. The van der Waals surface area contributed by atoms with Gasteiger partial charge in [0.05, 0.1) is 14.2 Å². The van der Waals surface area contributed by atoms with Crippen LogP contribution in [0.2, 0.25) is 0 Å². The van der Waals surface area contributed by atoms with Gasteiger partial charge >= 0.3 is 6.16 Å². The Balaban J connectivity index is 0.000000226. The van der Waals surface area contributed by atoms with Crippen LogP contribution in [-0.2, 0) is 9.47 Å². The summed E-state index contributed by atoms with van der Waals surface area (Å²) in [6.07, 6.45) is -0.657. The fraction of sp³-hybridized carbons (Fsp3) is 0.222. The van der Waals surface area contributed by atoms with Gasteiger partial charge in [-0.2, -0.15) is 0 Å². The van der Waals surface area contributed by atoms with E-state index in [2.05, 4.69) is 9.47 Å². The minimum Gasteiger partial charge on any atom is -0.508 e. The Bertz CT molecular complexity index is 227. The molecule has 0 saturated heterocycles. The van der Waals surface area contributed by atoms with E-state index < -0.39 is 6.16 Å². The van der Waals surface area contributed by atoms with Crippen LogP contribution < -0.4 is 0 Å². The van der Waals surface area contributed by atoms with Crippen molar-refractivity contribution in [2.75, 3.05) is 14.2 Å². The van der Waals surface area contributed by atoms with E-state index in [1.54, 1.807) is 24.3 Å². The second-order valence-corrected chi connectivity index (χ2v) is 1.99. The van der Waals surface area contributed by atoms with Gasteiger partial charge in [-0.3, -0.25) is 0 Å². The zero-order valence-electron chi connectivity index (χ0n) is 7.56. The molecule has 0 unspecified atom stereocenters. The number of hydrogen-bond acceptors (Lipinski definition) is 4. The minimum absolute atomic E-state index is 0.322. The Labute approximate surface area is 76.7 Å². The van der Waals surface area contributed by atoms with Gasteiger partial charge in [0.2, 0.25) is 0 Å². The predicted octanol–water partition coefficient (Wildman–Crippen LogP) is 1.79. The summed E-state index contributed by atoms with van der Waals surface area (Å²) in [5.41, 5.74) is 0. The molecular weight excluding hydrogens is 172 g/mol. The summed E-state index contributed by atoms with van der Waals surface area (Å²) in [5, 5.41) is 8.63. The van der Waals surface area contributed by atoms with Crippen LogP contribution in [0, 0.1) is 0 Å². The van der Waals surface area contributed by atoms with Crippen LogP contribution in [0.15, 0.2) is 30.3 Å². The first-order chi connectivity index (χ1) is 6.20. The number of ether oxygens (including phenoxy) is 2. The molecule has 0 spiro atoms. The largest absolute Gasteiger partial charge is 0.508 e. The SMILES string of the molecule is COC(=O)OC.Oc1ccccc1. The Morgan fingerprint density at radius 2 is 1.62 bits per heavy atom. The highest BCUT2D eigenvalue weighted by Crippen LogP contribution is 2.02. The Hall–Kier alpha value is -1.71. The van der Waals surface area contributed by atoms with E-state index >= 15 is 0 Å². The number of aromatic hydroxyl groups is 1. The van der Waals surface area contributed by atoms with Crippen molar-refractivity contribution in [3.63, 3.8) is 0 Å². The third-order valence-electron chi connectivity index (χ3n) is 1.09. The quantitative estimate of drug-likeness (QED) is 0.624. The number of phenolic OH excluding ortho intramolecular Hbond substituents is 1. The van der Waals surface area contributed by atoms with Gasteiger partial charge in [-0.05, 0) is 12.1 Å². The lowest BCUT2D eigenvalue weighted by atomic mass is 10.3. The van der Waals surface area contributed by atoms with Crippen molar-refractivity contribution >= 4 is 6.16 Å². The molecule has 0 saturated carbocycles. The van der Waals surface area contributed by atoms with Gasteiger partial charge in [0.15, 0.2) is 0 Å². The standard InChI is InChI=1S/C6H6O.C3H6O3/c7-6-4-2-1-3-5-6;1-5-3(4)6-2/h1-5,7H;1-2H3. The molecule has 4 heteroatoms. The number of carbonyl (C=O) groups is 1. The van der Waals surface area contributed by atoms with Crippen molar-refractivity contribution in [2.45, 2.75) is 0 Å². The molecule has 0 aromatic heterocycles. The second-order valence-electron chi connectivity index (χ2n) is 1.99. The minimum atomic E-state index is -0.657. The fourth-order valence-electron chi connectivity index (χ4n) is 0.511. The molecule has 1 aromatic rings. The maximum Gasteiger partial charge on any atom is 0.507 e. The van der Waals surface area contributed by atoms with Crippen molar-refractivity contribution in [1.29, 1.82) is 0 Å². The van der Waals surface area contributed by atoms with Crippen LogP contribution >= 0.6 is 0 Å². The summed E-state index contributed by atoms with van der Waals surface area (Å²) >= 11 is 0. The summed E-state index contributed by atoms with van der Waals surface area (Å²) in [6.45, 7) is 0. The molecule has 0 aliphatic carbocycles. The molecule has 13 heavy (non-hydrogen) atoms. The van der Waals surface area contributed by atoms with E-state index in [4.69, 9.17) is 5.11 Å². The smallest absolute Gasteiger partial charge is 0.507 e. The molecule has 0 radical (unpaired) electrons. The van der Waals surface area contributed by atoms with E-state index in [9.17, 15) is 4.79 Å². The lowest BCUT2D eigenvalue weighted by Gasteiger charge is -1.89. The van der Waals surface area contributed by atoms with Gasteiger partial charge < -0.3 is 14.6 Å². The molecule has 0 atom stereocenters. The molecule has 0 bridgehead atoms. The molecular formula is C9H12O4. The lowest BCUT2D eigenvalue weighted by molar-refractivity contribution is 0.0924. The van der Waals surface area contributed by atoms with E-state index in [1.807, 2.05) is 6.07 Å². The molecule has 0 heterocycles. The Kier molecular flexibility index (Phi) is 6.05. The zero-order chi connectivity index (χ0) is 10.1. The first-order valence-electron chi connectivity index (χ1n) is 3.56. The molecule has 0 amide bonds. The molecule has 4 nitrogen and oxygen atoms in total. The van der Waals surface area contributed by atoms with E-state index in [0.29, 0.717) is 5.75 Å². The van der Waals surface area contributed by atoms with Crippen molar-refractivity contribution < 1.29 is 19.4 Å². The highest BCUT2D eigenvalue weighted by atomic mass is 16.7. The maximum atomic E-state index is 9.74. The van der Waals surface area contributed by atoms with Crippen LogP contribution in [0.3, 0.4) is 0 Å². The monoisotopic (exact) mass is 184 g/mol. The molecule has 0 aliphatic heterocycles. The molecule has 0 aliphatic rings. The molecule has 1 N–H and O–H groups in total. The number of phenols is 1. The fourth-order valence-corrected chi connectivity index (χ4v) is 0.511. The number of carbonyl (C=O) groups excluding carboxylic acids is 1. The van der Waals surface area contributed by atoms with E-state index in [1.165, 1.54) is 14.2 Å². The molecule has 1 rings (SSSR count). The predicted molar refractivity (Wildman–Crippen MR) is 47.5 cm³/mol. The first kappa shape index (κ1) is 11.3. The number of methoxy groups -OCH3 is 2. The first-order valence-corrected chi connectivity index (χ1v) is 3.56. The lowest BCUT2D eigenvalue weighted by Crippen LogP contribution is -1.97. The summed E-state index contributed by atoms with van der Waals surface area (Å²) in [4.78, 5) is 9.74. The van der Waals surface area contributed by atoms with E-state index in [0.717, 1.165) is 0 Å². The van der Waals surface area contributed by atoms with Crippen molar-refractivity contribution in [3.8, 4) is 5.75 Å². The second kappa shape index (κ2) is 6.97. The number of rotatable bonds is 0. The van der Waals surface area contributed by atoms with Gasteiger partial charge in [-0.25, -0.2) is 4.79 Å². The van der Waals surface area contributed by atoms with Gasteiger partial charge in [0, 0.05) is 0 Å². The van der Waals surface area contributed by atoms with Gasteiger partial charge in [0.25, 0.3) is 0 Å². The summed E-state index contributed by atoms with van der Waals surface area (Å²) in [6, 6.07) is 8.71. The number of para-hydroxylation sites is 1. The normalized spacial score (nSPS) is 7.85. The van der Waals surface area contributed by atoms with Crippen molar-refractivity contribution in [1.82, 2.24) is 0 Å². The molecule has 0 fully saturated rings. The Morgan fingerprint density at radius 3 is 1.77 bits per heavy atom. The van der Waals surface area contributed by atoms with Crippen LogP contribution in [0.25, 0.3) is 0 Å². The summed E-state index contributed by atoms with van der Waals surface area (Å²) in [7, 11) is 2.51. The average molecular weight is 184 g/mol. The zero-order valence-corrected chi connectivity index (χ0v) is 7.56. The molecule has 1 aromatic carbocycles. The summed E-state index contributed by atoms with van der Waals surface area (Å²) < 4.78 is 8.08. The van der Waals surface area contributed by atoms with Gasteiger partial charge in [-0.15, -0.1) is 0 Å². The number of benzene rings is 1. The van der Waals surface area contributed by atoms with Crippen LogP contribution in [-0.4, -0.2) is 25.5 Å². The maximum absolute atomic E-state index is 9.74. The third-order valence-corrected chi connectivity index (χ3v) is 1.09. The highest BCUT2D eigenvalue weighted by molar-refractivity contribution is 5.59. The van der Waals surface area contributed by atoms with Crippen LogP contribution in [0.1, 0.15) is 0 Å². The average Bonchev–Trinajstić information content (AvgIpc) is 2.19. The number of hydrogen-bond donors (Lipinski definition) is 1. The van der Waals surface area contributed by atoms with Crippen LogP contribution in [0.4, 0.5) is 4.79 Å². The third kappa shape index (κ3) is 6.68. The molecule has 72 valence electrons. The highest BCUT2D eigenvalue weighted by Gasteiger charge is 1.88. The topological polar surface area (TPSA) is 55.8 Å². The van der Waals surface area contributed by atoms with Crippen molar-refractivity contribution in [2.24, 2.45) is 0 Å². The van der Waals surface area contributed by atoms with Gasteiger partial charge in [0.1, 0.15) is 5.75 Å². The summed E-state index contributed by atoms with van der Waals surface area (Å²) in [5.74, 6) is 0.322. The van der Waals surface area contributed by atoms with Crippen LogP contribution in [0.5, 0.6) is 5.75 Å². The van der Waals surface area contributed by atoms with Crippen molar-refractivity contribution in [3.05, 3.63) is 30.3 Å².